The summed E-state index contributed by atoms with van der Waals surface area (Å²) in [6, 6.07) is 20.8. The maximum absolute atomic E-state index is 14.0. The summed E-state index contributed by atoms with van der Waals surface area (Å²) >= 11 is 0. The Morgan fingerprint density at radius 3 is 2.38 bits per heavy atom. The van der Waals surface area contributed by atoms with Crippen molar-refractivity contribution in [2.45, 2.75) is 38.1 Å². The molecule has 7 nitrogen and oxygen atoms in total. The summed E-state index contributed by atoms with van der Waals surface area (Å²) in [5, 5.41) is 0.895. The molecule has 4 heterocycles. The molecular formula is C32H34N6O. The van der Waals surface area contributed by atoms with Gasteiger partial charge in [0, 0.05) is 68.9 Å². The summed E-state index contributed by atoms with van der Waals surface area (Å²) in [5.41, 5.74) is 5.63. The number of nitrogens with zero attached hydrogens (tertiary/aromatic N) is 6. The van der Waals surface area contributed by atoms with Crippen molar-refractivity contribution in [2.24, 2.45) is 0 Å². The Labute approximate surface area is 229 Å². The minimum atomic E-state index is 0.0545. The van der Waals surface area contributed by atoms with Gasteiger partial charge in [-0.1, -0.05) is 55.0 Å². The summed E-state index contributed by atoms with van der Waals surface area (Å²) in [4.78, 5) is 35.6. The first-order valence-corrected chi connectivity index (χ1v) is 14.3. The van der Waals surface area contributed by atoms with Crippen molar-refractivity contribution in [3.63, 3.8) is 0 Å². The predicted octanol–water partition coefficient (Wildman–Crippen LogP) is 4.61. The van der Waals surface area contributed by atoms with Gasteiger partial charge >= 0.3 is 0 Å². The molecule has 2 fully saturated rings. The van der Waals surface area contributed by atoms with Crippen LogP contribution in [-0.4, -0.2) is 76.0 Å². The molecule has 0 N–H and O–H groups in total. The standard InChI is InChI=1S/C32H34N6O/c39-31(27-21-30(23-7-2-1-3-8-23)34-29-12-5-4-11-26(27)29)37-15-13-24-22-33-32(35-28(24)14-16-37)38-19-17-36(18-20-38)25-9-6-10-25/h1-5,7-8,11-12,21-22,25H,6,9-10,13-20H2. The first-order chi connectivity index (χ1) is 19.2. The minimum Gasteiger partial charge on any atom is -0.338 e. The average Bonchev–Trinajstić information content (AvgIpc) is 3.18. The fraction of sp³-hybridized carbons (Fsp3) is 0.375. The van der Waals surface area contributed by atoms with Gasteiger partial charge in [-0.3, -0.25) is 9.69 Å². The fourth-order valence-electron chi connectivity index (χ4n) is 6.14. The lowest BCUT2D eigenvalue weighted by atomic mass is 9.91. The van der Waals surface area contributed by atoms with Gasteiger partial charge in [-0.25, -0.2) is 15.0 Å². The molecule has 1 saturated carbocycles. The molecule has 3 aliphatic rings. The maximum Gasteiger partial charge on any atom is 0.254 e. The van der Waals surface area contributed by atoms with E-state index in [-0.39, 0.29) is 5.91 Å². The van der Waals surface area contributed by atoms with Crippen LogP contribution in [0.15, 0.2) is 66.9 Å². The number of hydrogen-bond donors (Lipinski definition) is 0. The minimum absolute atomic E-state index is 0.0545. The molecule has 2 aromatic heterocycles. The maximum atomic E-state index is 14.0. The number of pyridine rings is 1. The van der Waals surface area contributed by atoms with Gasteiger partial charge in [-0.05, 0) is 37.0 Å². The van der Waals surface area contributed by atoms with Crippen molar-refractivity contribution in [2.75, 3.05) is 44.2 Å². The SMILES string of the molecule is O=C(c1cc(-c2ccccc2)nc2ccccc12)N1CCc2cnc(N3CCN(C4CCC4)CC3)nc2CC1. The van der Waals surface area contributed by atoms with Crippen LogP contribution in [0.2, 0.25) is 0 Å². The van der Waals surface area contributed by atoms with Crippen LogP contribution in [0.5, 0.6) is 0 Å². The molecule has 198 valence electrons. The average molecular weight is 519 g/mol. The van der Waals surface area contributed by atoms with Crippen LogP contribution >= 0.6 is 0 Å². The molecule has 0 atom stereocenters. The molecule has 1 saturated heterocycles. The predicted molar refractivity (Wildman–Crippen MR) is 154 cm³/mol. The Balaban J connectivity index is 1.10. The lowest BCUT2D eigenvalue weighted by Gasteiger charge is -2.43. The van der Waals surface area contributed by atoms with Crippen molar-refractivity contribution in [1.82, 2.24) is 24.8 Å². The van der Waals surface area contributed by atoms with E-state index in [2.05, 4.69) is 9.80 Å². The number of anilines is 1. The number of piperazine rings is 1. The van der Waals surface area contributed by atoms with Crippen LogP contribution in [0.1, 0.15) is 40.9 Å². The lowest BCUT2D eigenvalue weighted by molar-refractivity contribution is 0.0765. The third-order valence-corrected chi connectivity index (χ3v) is 8.70. The van der Waals surface area contributed by atoms with Crippen molar-refractivity contribution in [1.29, 1.82) is 0 Å². The van der Waals surface area contributed by atoms with Crippen LogP contribution < -0.4 is 4.90 Å². The highest BCUT2D eigenvalue weighted by Crippen LogP contribution is 2.28. The number of amides is 1. The molecule has 0 unspecified atom stereocenters. The third kappa shape index (κ3) is 4.76. The van der Waals surface area contributed by atoms with Gasteiger partial charge in [0.05, 0.1) is 22.5 Å². The molecule has 1 amide bonds. The van der Waals surface area contributed by atoms with Gasteiger partial charge in [0.15, 0.2) is 0 Å². The van der Waals surface area contributed by atoms with Gasteiger partial charge in [0.25, 0.3) is 5.91 Å². The quantitative estimate of drug-likeness (QED) is 0.393. The van der Waals surface area contributed by atoms with E-state index in [4.69, 9.17) is 15.0 Å². The van der Waals surface area contributed by atoms with Gasteiger partial charge in [-0.15, -0.1) is 0 Å². The van der Waals surface area contributed by atoms with E-state index >= 15 is 0 Å². The van der Waals surface area contributed by atoms with E-state index in [0.717, 1.165) is 84.4 Å². The number of benzene rings is 2. The lowest BCUT2D eigenvalue weighted by Crippen LogP contribution is -2.52. The number of carbonyl (C=O) groups is 1. The van der Waals surface area contributed by atoms with Crippen LogP contribution in [-0.2, 0) is 12.8 Å². The second kappa shape index (κ2) is 10.4. The number of para-hydroxylation sites is 1. The van der Waals surface area contributed by atoms with Crippen molar-refractivity contribution in [3.8, 4) is 11.3 Å². The topological polar surface area (TPSA) is 65.5 Å². The number of fused-ring (bicyclic) bond motifs is 2. The van der Waals surface area contributed by atoms with Crippen LogP contribution in [0.4, 0.5) is 5.95 Å². The number of aromatic nitrogens is 3. The highest BCUT2D eigenvalue weighted by molar-refractivity contribution is 6.07. The zero-order chi connectivity index (χ0) is 26.2. The Hall–Kier alpha value is -3.84. The Morgan fingerprint density at radius 1 is 0.821 bits per heavy atom. The van der Waals surface area contributed by atoms with Crippen LogP contribution in [0.25, 0.3) is 22.2 Å². The summed E-state index contributed by atoms with van der Waals surface area (Å²) in [7, 11) is 0. The number of carbonyl (C=O) groups excluding carboxylic acids is 1. The number of hydrogen-bond acceptors (Lipinski definition) is 6. The summed E-state index contributed by atoms with van der Waals surface area (Å²) in [5.74, 6) is 0.897. The zero-order valence-corrected chi connectivity index (χ0v) is 22.3. The molecule has 2 aliphatic heterocycles. The first-order valence-electron chi connectivity index (χ1n) is 14.3. The van der Waals surface area contributed by atoms with E-state index in [9.17, 15) is 4.79 Å². The second-order valence-electron chi connectivity index (χ2n) is 11.0. The van der Waals surface area contributed by atoms with Gasteiger partial charge in [0.1, 0.15) is 0 Å². The van der Waals surface area contributed by atoms with E-state index in [0.29, 0.717) is 18.7 Å². The molecule has 0 radical (unpaired) electrons. The molecular weight excluding hydrogens is 484 g/mol. The molecule has 4 aromatic rings. The van der Waals surface area contributed by atoms with Gasteiger partial charge < -0.3 is 9.80 Å². The van der Waals surface area contributed by atoms with Gasteiger partial charge in [0.2, 0.25) is 5.95 Å². The third-order valence-electron chi connectivity index (χ3n) is 8.70. The van der Waals surface area contributed by atoms with Crippen molar-refractivity contribution in [3.05, 3.63) is 83.7 Å². The summed E-state index contributed by atoms with van der Waals surface area (Å²) in [6.07, 6.45) is 7.60. The highest BCUT2D eigenvalue weighted by Gasteiger charge is 2.29. The van der Waals surface area contributed by atoms with E-state index in [1.807, 2.05) is 71.8 Å². The molecule has 1 aliphatic carbocycles. The number of rotatable bonds is 4. The van der Waals surface area contributed by atoms with Crippen molar-refractivity contribution < 1.29 is 4.79 Å². The highest BCUT2D eigenvalue weighted by atomic mass is 16.2. The second-order valence-corrected chi connectivity index (χ2v) is 11.0. The normalized spacial score (nSPS) is 18.5. The van der Waals surface area contributed by atoms with E-state index in [1.54, 1.807) is 0 Å². The Morgan fingerprint density at radius 2 is 1.59 bits per heavy atom. The Kier molecular flexibility index (Phi) is 6.44. The molecule has 2 aromatic carbocycles. The first kappa shape index (κ1) is 24.2. The monoisotopic (exact) mass is 518 g/mol. The summed E-state index contributed by atoms with van der Waals surface area (Å²) in [6.45, 7) is 5.47. The van der Waals surface area contributed by atoms with E-state index < -0.39 is 0 Å². The zero-order valence-electron chi connectivity index (χ0n) is 22.3. The summed E-state index contributed by atoms with van der Waals surface area (Å²) < 4.78 is 0. The molecule has 7 rings (SSSR count). The van der Waals surface area contributed by atoms with Crippen molar-refractivity contribution >= 4 is 22.8 Å². The smallest absolute Gasteiger partial charge is 0.254 e. The fourth-order valence-corrected chi connectivity index (χ4v) is 6.14. The molecule has 7 heteroatoms. The Bertz CT molecular complexity index is 1490. The van der Waals surface area contributed by atoms with Gasteiger partial charge in [-0.2, -0.15) is 0 Å². The largest absolute Gasteiger partial charge is 0.338 e. The van der Waals surface area contributed by atoms with E-state index in [1.165, 1.54) is 19.3 Å². The van der Waals surface area contributed by atoms with Crippen LogP contribution in [0, 0.1) is 0 Å². The molecule has 0 bridgehead atoms. The molecule has 0 spiro atoms. The van der Waals surface area contributed by atoms with Crippen LogP contribution in [0.3, 0.4) is 0 Å². The molecule has 39 heavy (non-hydrogen) atoms.